The first-order valence-electron chi connectivity index (χ1n) is 7.13. The molecule has 0 aliphatic heterocycles. The standard InChI is InChI=1S/C16H23F2N/c1-10-4-6-12(9-19-3)13(8-10)15-14(17)7-5-11(2)16(15)18/h5,7,10,12-13,19H,4,6,8-9H2,1-3H3. The van der Waals surface area contributed by atoms with Crippen LogP contribution in [0.2, 0.25) is 0 Å². The van der Waals surface area contributed by atoms with E-state index in [1.165, 1.54) is 12.1 Å². The van der Waals surface area contributed by atoms with Gasteiger partial charge in [-0.15, -0.1) is 0 Å². The predicted octanol–water partition coefficient (Wildman–Crippen LogP) is 4.01. The van der Waals surface area contributed by atoms with Crippen LogP contribution < -0.4 is 5.32 Å². The molecule has 1 nitrogen and oxygen atoms in total. The van der Waals surface area contributed by atoms with Crippen molar-refractivity contribution in [3.8, 4) is 0 Å². The van der Waals surface area contributed by atoms with Gasteiger partial charge in [0.15, 0.2) is 0 Å². The van der Waals surface area contributed by atoms with Crippen molar-refractivity contribution in [3.05, 3.63) is 34.9 Å². The van der Waals surface area contributed by atoms with Crippen molar-refractivity contribution in [1.82, 2.24) is 5.32 Å². The monoisotopic (exact) mass is 267 g/mol. The Morgan fingerprint density at radius 1 is 1.26 bits per heavy atom. The molecule has 0 aromatic heterocycles. The molecule has 1 aromatic carbocycles. The number of rotatable bonds is 3. The predicted molar refractivity (Wildman–Crippen MR) is 74.3 cm³/mol. The van der Waals surface area contributed by atoms with Crippen LogP contribution >= 0.6 is 0 Å². The van der Waals surface area contributed by atoms with Gasteiger partial charge in [-0.25, -0.2) is 8.78 Å². The van der Waals surface area contributed by atoms with Crippen molar-refractivity contribution >= 4 is 0 Å². The average molecular weight is 267 g/mol. The lowest BCUT2D eigenvalue weighted by Gasteiger charge is -2.35. The van der Waals surface area contributed by atoms with Gasteiger partial charge in [0.25, 0.3) is 0 Å². The van der Waals surface area contributed by atoms with Crippen LogP contribution in [0.5, 0.6) is 0 Å². The Hall–Kier alpha value is -0.960. The minimum absolute atomic E-state index is 0.00361. The SMILES string of the molecule is CNCC1CCC(C)CC1c1c(F)ccc(C)c1F. The van der Waals surface area contributed by atoms with Gasteiger partial charge < -0.3 is 5.32 Å². The first-order valence-corrected chi connectivity index (χ1v) is 7.13. The number of benzene rings is 1. The summed E-state index contributed by atoms with van der Waals surface area (Å²) in [4.78, 5) is 0. The third kappa shape index (κ3) is 2.97. The van der Waals surface area contributed by atoms with Crippen LogP contribution in [0.3, 0.4) is 0 Å². The maximum absolute atomic E-state index is 14.3. The largest absolute Gasteiger partial charge is 0.319 e. The molecule has 0 spiro atoms. The molecule has 2 rings (SSSR count). The van der Waals surface area contributed by atoms with Crippen LogP contribution in [0.1, 0.15) is 43.2 Å². The average Bonchev–Trinajstić information content (AvgIpc) is 2.38. The van der Waals surface area contributed by atoms with Gasteiger partial charge >= 0.3 is 0 Å². The van der Waals surface area contributed by atoms with Crippen molar-refractivity contribution in [2.45, 2.75) is 39.0 Å². The molecule has 3 atom stereocenters. The van der Waals surface area contributed by atoms with Crippen molar-refractivity contribution in [3.63, 3.8) is 0 Å². The van der Waals surface area contributed by atoms with E-state index in [4.69, 9.17) is 0 Å². The van der Waals surface area contributed by atoms with Crippen molar-refractivity contribution in [1.29, 1.82) is 0 Å². The number of aryl methyl sites for hydroxylation is 1. The van der Waals surface area contributed by atoms with Crippen LogP contribution in [0.4, 0.5) is 8.78 Å². The summed E-state index contributed by atoms with van der Waals surface area (Å²) < 4.78 is 28.4. The van der Waals surface area contributed by atoms with Crippen LogP contribution in [0.15, 0.2) is 12.1 Å². The van der Waals surface area contributed by atoms with Gasteiger partial charge in [-0.2, -0.15) is 0 Å². The number of hydrogen-bond acceptors (Lipinski definition) is 1. The molecular weight excluding hydrogens is 244 g/mol. The molecule has 1 aliphatic rings. The molecule has 3 unspecified atom stereocenters. The zero-order chi connectivity index (χ0) is 14.0. The third-order valence-corrected chi connectivity index (χ3v) is 4.41. The molecule has 0 amide bonds. The lowest BCUT2D eigenvalue weighted by Crippen LogP contribution is -2.31. The Morgan fingerprint density at radius 3 is 2.68 bits per heavy atom. The van der Waals surface area contributed by atoms with Crippen LogP contribution in [-0.2, 0) is 0 Å². The molecule has 0 bridgehead atoms. The van der Waals surface area contributed by atoms with E-state index >= 15 is 0 Å². The Kier molecular flexibility index (Phi) is 4.56. The van der Waals surface area contributed by atoms with Crippen LogP contribution in [-0.4, -0.2) is 13.6 Å². The Balaban J connectivity index is 2.38. The van der Waals surface area contributed by atoms with Crippen molar-refractivity contribution in [2.75, 3.05) is 13.6 Å². The third-order valence-electron chi connectivity index (χ3n) is 4.41. The molecule has 1 aromatic rings. The summed E-state index contributed by atoms with van der Waals surface area (Å²) in [5.74, 6) is 0.129. The van der Waals surface area contributed by atoms with Gasteiger partial charge in [0.05, 0.1) is 0 Å². The summed E-state index contributed by atoms with van der Waals surface area (Å²) in [5.41, 5.74) is 0.852. The second kappa shape index (κ2) is 6.00. The quantitative estimate of drug-likeness (QED) is 0.872. The van der Waals surface area contributed by atoms with Crippen LogP contribution in [0.25, 0.3) is 0 Å². The molecule has 19 heavy (non-hydrogen) atoms. The zero-order valence-corrected chi connectivity index (χ0v) is 12.0. The molecule has 1 aliphatic carbocycles. The Labute approximate surface area is 114 Å². The summed E-state index contributed by atoms with van der Waals surface area (Å²) in [6.45, 7) is 4.70. The molecule has 106 valence electrons. The Morgan fingerprint density at radius 2 is 2.00 bits per heavy atom. The topological polar surface area (TPSA) is 12.0 Å². The van der Waals surface area contributed by atoms with Gasteiger partial charge in [-0.1, -0.05) is 19.4 Å². The van der Waals surface area contributed by atoms with Gasteiger partial charge in [0, 0.05) is 5.56 Å². The fourth-order valence-corrected chi connectivity index (χ4v) is 3.32. The highest BCUT2D eigenvalue weighted by Gasteiger charge is 2.33. The molecule has 1 fully saturated rings. The smallest absolute Gasteiger partial charge is 0.132 e. The van der Waals surface area contributed by atoms with Gasteiger partial charge in [0.2, 0.25) is 0 Å². The fourth-order valence-electron chi connectivity index (χ4n) is 3.32. The summed E-state index contributed by atoms with van der Waals surface area (Å²) in [7, 11) is 1.90. The molecule has 1 saturated carbocycles. The van der Waals surface area contributed by atoms with Crippen molar-refractivity contribution in [2.24, 2.45) is 11.8 Å². The lowest BCUT2D eigenvalue weighted by atomic mass is 9.71. The van der Waals surface area contributed by atoms with E-state index in [9.17, 15) is 8.78 Å². The molecule has 0 radical (unpaired) electrons. The summed E-state index contributed by atoms with van der Waals surface area (Å²) in [5, 5.41) is 3.16. The Bertz CT molecular complexity index is 445. The fraction of sp³-hybridized carbons (Fsp3) is 0.625. The van der Waals surface area contributed by atoms with E-state index in [0.717, 1.165) is 25.8 Å². The normalized spacial score (nSPS) is 27.5. The zero-order valence-electron chi connectivity index (χ0n) is 12.0. The van der Waals surface area contributed by atoms with Gasteiger partial charge in [-0.3, -0.25) is 0 Å². The second-order valence-corrected chi connectivity index (χ2v) is 5.93. The van der Waals surface area contributed by atoms with E-state index < -0.39 is 0 Å². The van der Waals surface area contributed by atoms with E-state index in [1.54, 1.807) is 6.92 Å². The number of nitrogens with one attached hydrogen (secondary N) is 1. The maximum atomic E-state index is 14.3. The highest BCUT2D eigenvalue weighted by atomic mass is 19.1. The van der Waals surface area contributed by atoms with E-state index in [-0.39, 0.29) is 17.6 Å². The lowest BCUT2D eigenvalue weighted by molar-refractivity contribution is 0.236. The second-order valence-electron chi connectivity index (χ2n) is 5.93. The highest BCUT2D eigenvalue weighted by Crippen LogP contribution is 2.42. The minimum atomic E-state index is -0.386. The first kappa shape index (κ1) is 14.4. The van der Waals surface area contributed by atoms with E-state index in [2.05, 4.69) is 12.2 Å². The number of hydrogen-bond donors (Lipinski definition) is 1. The minimum Gasteiger partial charge on any atom is -0.319 e. The summed E-state index contributed by atoms with van der Waals surface area (Å²) in [6, 6.07) is 2.93. The molecule has 0 saturated heterocycles. The molecular formula is C16H23F2N. The van der Waals surface area contributed by atoms with Gasteiger partial charge in [-0.05, 0) is 62.7 Å². The van der Waals surface area contributed by atoms with E-state index in [0.29, 0.717) is 23.0 Å². The highest BCUT2D eigenvalue weighted by molar-refractivity contribution is 5.30. The first-order chi connectivity index (χ1) is 9.04. The summed E-state index contributed by atoms with van der Waals surface area (Å²) in [6.07, 6.45) is 3.07. The number of halogens is 2. The summed E-state index contributed by atoms with van der Waals surface area (Å²) >= 11 is 0. The molecule has 3 heteroatoms. The molecule has 0 heterocycles. The van der Waals surface area contributed by atoms with Crippen LogP contribution in [0, 0.1) is 30.4 Å². The maximum Gasteiger partial charge on any atom is 0.132 e. The van der Waals surface area contributed by atoms with Crippen molar-refractivity contribution < 1.29 is 8.78 Å². The van der Waals surface area contributed by atoms with Gasteiger partial charge in [0.1, 0.15) is 11.6 Å². The van der Waals surface area contributed by atoms with E-state index in [1.807, 2.05) is 7.05 Å². The molecule has 1 N–H and O–H groups in total.